The van der Waals surface area contributed by atoms with Gasteiger partial charge in [-0.1, -0.05) is 29.3 Å². The van der Waals surface area contributed by atoms with Gasteiger partial charge in [0.25, 0.3) is 5.91 Å². The highest BCUT2D eigenvalue weighted by Gasteiger charge is 2.12. The number of amides is 1. The zero-order chi connectivity index (χ0) is 17.6. The van der Waals surface area contributed by atoms with Crippen LogP contribution in [-0.4, -0.2) is 38.8 Å². The Labute approximate surface area is 156 Å². The van der Waals surface area contributed by atoms with Crippen molar-refractivity contribution in [2.75, 3.05) is 43.1 Å². The van der Waals surface area contributed by atoms with Gasteiger partial charge in [0.15, 0.2) is 6.61 Å². The standard InChI is InChI=1S/C18H18Cl2N2O3/c19-13-4-5-17(16(20)10-13)25-12-18(23)21-14-2-1-3-15(11-14)22-6-8-24-9-7-22/h1-5,10-11H,6-9,12H2,(H,21,23). The van der Waals surface area contributed by atoms with Gasteiger partial charge in [0.05, 0.1) is 18.2 Å². The summed E-state index contributed by atoms with van der Waals surface area (Å²) in [5, 5.41) is 3.72. The van der Waals surface area contributed by atoms with Crippen molar-refractivity contribution in [1.82, 2.24) is 0 Å². The Morgan fingerprint density at radius 1 is 1.16 bits per heavy atom. The van der Waals surface area contributed by atoms with Gasteiger partial charge >= 0.3 is 0 Å². The lowest BCUT2D eigenvalue weighted by molar-refractivity contribution is -0.118. The molecule has 1 heterocycles. The molecule has 132 valence electrons. The molecule has 2 aromatic carbocycles. The van der Waals surface area contributed by atoms with E-state index in [-0.39, 0.29) is 12.5 Å². The van der Waals surface area contributed by atoms with Crippen molar-refractivity contribution < 1.29 is 14.3 Å². The van der Waals surface area contributed by atoms with Crippen molar-refractivity contribution in [2.45, 2.75) is 0 Å². The Hall–Kier alpha value is -1.95. The number of carbonyl (C=O) groups is 1. The molecule has 1 N–H and O–H groups in total. The van der Waals surface area contributed by atoms with E-state index in [0.29, 0.717) is 29.0 Å². The Balaban J connectivity index is 1.57. The molecule has 25 heavy (non-hydrogen) atoms. The summed E-state index contributed by atoms with van der Waals surface area (Å²) in [6, 6.07) is 12.6. The zero-order valence-corrected chi connectivity index (χ0v) is 15.0. The molecule has 0 radical (unpaired) electrons. The summed E-state index contributed by atoms with van der Waals surface area (Å²) in [6.07, 6.45) is 0. The number of carbonyl (C=O) groups excluding carboxylic acids is 1. The van der Waals surface area contributed by atoms with Crippen LogP contribution in [0.15, 0.2) is 42.5 Å². The largest absolute Gasteiger partial charge is 0.482 e. The Bertz CT molecular complexity index is 749. The molecule has 5 nitrogen and oxygen atoms in total. The summed E-state index contributed by atoms with van der Waals surface area (Å²) in [5.41, 5.74) is 1.78. The first kappa shape index (κ1) is 17.9. The number of rotatable bonds is 5. The summed E-state index contributed by atoms with van der Waals surface area (Å²) in [5.74, 6) is 0.161. The number of nitrogens with one attached hydrogen (secondary N) is 1. The first-order valence-corrected chi connectivity index (χ1v) is 8.68. The smallest absolute Gasteiger partial charge is 0.262 e. The summed E-state index contributed by atoms with van der Waals surface area (Å²) in [7, 11) is 0. The normalized spacial score (nSPS) is 14.2. The lowest BCUT2D eigenvalue weighted by Crippen LogP contribution is -2.36. The number of ether oxygens (including phenoxy) is 2. The van der Waals surface area contributed by atoms with Crippen LogP contribution in [0.5, 0.6) is 5.75 Å². The van der Waals surface area contributed by atoms with Gasteiger partial charge in [0, 0.05) is 29.5 Å². The topological polar surface area (TPSA) is 50.8 Å². The number of halogens is 2. The molecule has 3 rings (SSSR count). The minimum Gasteiger partial charge on any atom is -0.482 e. The van der Waals surface area contributed by atoms with E-state index in [4.69, 9.17) is 32.7 Å². The number of morpholine rings is 1. The summed E-state index contributed by atoms with van der Waals surface area (Å²) < 4.78 is 10.8. The van der Waals surface area contributed by atoms with Crippen LogP contribution >= 0.6 is 23.2 Å². The van der Waals surface area contributed by atoms with Crippen molar-refractivity contribution in [3.8, 4) is 5.75 Å². The molecule has 1 aliphatic heterocycles. The molecule has 1 saturated heterocycles. The van der Waals surface area contributed by atoms with Gasteiger partial charge in [-0.05, 0) is 36.4 Å². The summed E-state index contributed by atoms with van der Waals surface area (Å²) >= 11 is 11.9. The third-order valence-electron chi connectivity index (χ3n) is 3.76. The van der Waals surface area contributed by atoms with E-state index < -0.39 is 0 Å². The second-order valence-corrected chi connectivity index (χ2v) is 6.40. The fraction of sp³-hybridized carbons (Fsp3) is 0.278. The maximum Gasteiger partial charge on any atom is 0.262 e. The van der Waals surface area contributed by atoms with E-state index >= 15 is 0 Å². The number of benzene rings is 2. The molecule has 0 saturated carbocycles. The molecule has 7 heteroatoms. The quantitative estimate of drug-likeness (QED) is 0.855. The molecule has 2 aromatic rings. The predicted molar refractivity (Wildman–Crippen MR) is 100 cm³/mol. The molecule has 1 amide bonds. The Kier molecular flexibility index (Phi) is 6.02. The maximum atomic E-state index is 12.1. The van der Waals surface area contributed by atoms with Crippen LogP contribution in [0.1, 0.15) is 0 Å². The van der Waals surface area contributed by atoms with Crippen molar-refractivity contribution in [1.29, 1.82) is 0 Å². The molecule has 0 spiro atoms. The fourth-order valence-corrected chi connectivity index (χ4v) is 3.00. The van der Waals surface area contributed by atoms with Crippen LogP contribution in [-0.2, 0) is 9.53 Å². The first-order valence-electron chi connectivity index (χ1n) is 7.92. The van der Waals surface area contributed by atoms with E-state index in [1.165, 1.54) is 0 Å². The highest BCUT2D eigenvalue weighted by atomic mass is 35.5. The van der Waals surface area contributed by atoms with Gasteiger partial charge in [-0.15, -0.1) is 0 Å². The highest BCUT2D eigenvalue weighted by molar-refractivity contribution is 6.35. The average molecular weight is 381 g/mol. The van der Waals surface area contributed by atoms with E-state index in [9.17, 15) is 4.79 Å². The van der Waals surface area contributed by atoms with E-state index in [1.807, 2.05) is 24.3 Å². The number of nitrogens with zero attached hydrogens (tertiary/aromatic N) is 1. The third kappa shape index (κ3) is 5.01. The van der Waals surface area contributed by atoms with Gasteiger partial charge < -0.3 is 19.7 Å². The molecular weight excluding hydrogens is 363 g/mol. The summed E-state index contributed by atoms with van der Waals surface area (Å²) in [4.78, 5) is 14.3. The average Bonchev–Trinajstić information content (AvgIpc) is 2.62. The molecular formula is C18H18Cl2N2O3. The third-order valence-corrected chi connectivity index (χ3v) is 4.29. The van der Waals surface area contributed by atoms with Gasteiger partial charge in [0.1, 0.15) is 5.75 Å². The molecule has 0 atom stereocenters. The molecule has 0 unspecified atom stereocenters. The van der Waals surface area contributed by atoms with E-state index in [2.05, 4.69) is 10.2 Å². The number of anilines is 2. The Morgan fingerprint density at radius 3 is 2.72 bits per heavy atom. The molecule has 1 fully saturated rings. The number of hydrogen-bond acceptors (Lipinski definition) is 4. The van der Waals surface area contributed by atoms with Crippen molar-refractivity contribution in [3.05, 3.63) is 52.5 Å². The predicted octanol–water partition coefficient (Wildman–Crippen LogP) is 3.85. The van der Waals surface area contributed by atoms with Crippen LogP contribution < -0.4 is 15.0 Å². The van der Waals surface area contributed by atoms with Gasteiger partial charge in [-0.25, -0.2) is 0 Å². The molecule has 0 bridgehead atoms. The van der Waals surface area contributed by atoms with Crippen LogP contribution in [0.4, 0.5) is 11.4 Å². The van der Waals surface area contributed by atoms with Crippen LogP contribution in [0.3, 0.4) is 0 Å². The van der Waals surface area contributed by atoms with Crippen LogP contribution in [0.25, 0.3) is 0 Å². The zero-order valence-electron chi connectivity index (χ0n) is 13.5. The van der Waals surface area contributed by atoms with Crippen LogP contribution in [0, 0.1) is 0 Å². The minimum absolute atomic E-state index is 0.136. The Morgan fingerprint density at radius 2 is 1.96 bits per heavy atom. The van der Waals surface area contributed by atoms with Gasteiger partial charge in [-0.3, -0.25) is 4.79 Å². The SMILES string of the molecule is O=C(COc1ccc(Cl)cc1Cl)Nc1cccc(N2CCOCC2)c1. The number of hydrogen-bond donors (Lipinski definition) is 1. The second-order valence-electron chi connectivity index (χ2n) is 5.56. The van der Waals surface area contributed by atoms with E-state index in [1.54, 1.807) is 18.2 Å². The van der Waals surface area contributed by atoms with Crippen molar-refractivity contribution in [2.24, 2.45) is 0 Å². The van der Waals surface area contributed by atoms with Crippen LogP contribution in [0.2, 0.25) is 10.0 Å². The van der Waals surface area contributed by atoms with E-state index in [0.717, 1.165) is 24.5 Å². The highest BCUT2D eigenvalue weighted by Crippen LogP contribution is 2.27. The lowest BCUT2D eigenvalue weighted by Gasteiger charge is -2.29. The second kappa shape index (κ2) is 8.43. The summed E-state index contributed by atoms with van der Waals surface area (Å²) in [6.45, 7) is 2.98. The monoisotopic (exact) mass is 380 g/mol. The van der Waals surface area contributed by atoms with Gasteiger partial charge in [0.2, 0.25) is 0 Å². The molecule has 1 aliphatic rings. The fourth-order valence-electron chi connectivity index (χ4n) is 2.53. The first-order chi connectivity index (χ1) is 12.1. The maximum absolute atomic E-state index is 12.1. The van der Waals surface area contributed by atoms with Crippen molar-refractivity contribution >= 4 is 40.5 Å². The van der Waals surface area contributed by atoms with Crippen molar-refractivity contribution in [3.63, 3.8) is 0 Å². The molecule has 0 aliphatic carbocycles. The molecule has 0 aromatic heterocycles. The minimum atomic E-state index is -0.259. The lowest BCUT2D eigenvalue weighted by atomic mass is 10.2. The van der Waals surface area contributed by atoms with Gasteiger partial charge in [-0.2, -0.15) is 0 Å².